The standard InChI is InChI=1S/C16H15BrN4O2S3/c17-13-3-1-12(2-4-13)15-19-14(11-25-15)26(22,23)21-8-6-20(7-9-21)16-18-5-10-24-16/h1-5,10-11H,6-9H2. The number of halogens is 1. The van der Waals surface area contributed by atoms with Gasteiger partial charge in [-0.05, 0) is 12.1 Å². The van der Waals surface area contributed by atoms with Gasteiger partial charge in [0, 0.05) is 53.2 Å². The SMILES string of the molecule is O=S(=O)(c1csc(-c2ccc(Br)cc2)n1)N1CCN(c2nccs2)CC1. The summed E-state index contributed by atoms with van der Waals surface area (Å²) < 4.78 is 28.3. The van der Waals surface area contributed by atoms with Crippen LogP contribution in [-0.4, -0.2) is 48.9 Å². The second-order valence-corrected chi connectivity index (χ2v) is 10.2. The van der Waals surface area contributed by atoms with Crippen LogP contribution in [0.5, 0.6) is 0 Å². The van der Waals surface area contributed by atoms with Gasteiger partial charge in [0.25, 0.3) is 10.0 Å². The number of rotatable bonds is 4. The third kappa shape index (κ3) is 3.56. The van der Waals surface area contributed by atoms with Crippen molar-refractivity contribution in [3.63, 3.8) is 0 Å². The van der Waals surface area contributed by atoms with Crippen molar-refractivity contribution in [2.24, 2.45) is 0 Å². The van der Waals surface area contributed by atoms with E-state index in [2.05, 4.69) is 30.8 Å². The van der Waals surface area contributed by atoms with E-state index in [-0.39, 0.29) is 5.03 Å². The molecule has 1 aliphatic heterocycles. The minimum absolute atomic E-state index is 0.128. The number of benzene rings is 1. The van der Waals surface area contributed by atoms with Crippen LogP contribution >= 0.6 is 38.6 Å². The van der Waals surface area contributed by atoms with E-state index in [0.29, 0.717) is 31.2 Å². The summed E-state index contributed by atoms with van der Waals surface area (Å²) in [5.41, 5.74) is 0.910. The van der Waals surface area contributed by atoms with Crippen LogP contribution in [0.1, 0.15) is 0 Å². The van der Waals surface area contributed by atoms with Crippen LogP contribution in [0.4, 0.5) is 5.13 Å². The summed E-state index contributed by atoms with van der Waals surface area (Å²) in [6.45, 7) is 2.15. The number of nitrogens with zero attached hydrogens (tertiary/aromatic N) is 4. The molecule has 0 unspecified atom stereocenters. The van der Waals surface area contributed by atoms with Gasteiger partial charge in [0.1, 0.15) is 5.01 Å². The van der Waals surface area contributed by atoms with E-state index >= 15 is 0 Å². The van der Waals surface area contributed by atoms with Crippen LogP contribution in [-0.2, 0) is 10.0 Å². The molecule has 26 heavy (non-hydrogen) atoms. The van der Waals surface area contributed by atoms with E-state index in [0.717, 1.165) is 15.2 Å². The average molecular weight is 471 g/mol. The summed E-state index contributed by atoms with van der Waals surface area (Å²) in [6.07, 6.45) is 1.77. The van der Waals surface area contributed by atoms with E-state index < -0.39 is 10.0 Å². The van der Waals surface area contributed by atoms with Gasteiger partial charge >= 0.3 is 0 Å². The lowest BCUT2D eigenvalue weighted by molar-refractivity contribution is 0.383. The van der Waals surface area contributed by atoms with E-state index in [1.807, 2.05) is 29.6 Å². The molecule has 0 radical (unpaired) electrons. The molecular weight excluding hydrogens is 456 g/mol. The molecule has 1 aliphatic rings. The Morgan fingerprint density at radius 1 is 1.04 bits per heavy atom. The lowest BCUT2D eigenvalue weighted by Crippen LogP contribution is -2.48. The number of hydrogen-bond donors (Lipinski definition) is 0. The molecule has 0 aliphatic carbocycles. The van der Waals surface area contributed by atoms with Crippen molar-refractivity contribution < 1.29 is 8.42 Å². The average Bonchev–Trinajstić information content (AvgIpc) is 3.35. The van der Waals surface area contributed by atoms with Crippen molar-refractivity contribution in [3.05, 3.63) is 45.7 Å². The first-order chi connectivity index (χ1) is 12.5. The summed E-state index contributed by atoms with van der Waals surface area (Å²) in [7, 11) is -3.57. The molecule has 0 atom stereocenters. The van der Waals surface area contributed by atoms with Gasteiger partial charge in [-0.15, -0.1) is 22.7 Å². The van der Waals surface area contributed by atoms with Gasteiger partial charge in [-0.25, -0.2) is 18.4 Å². The zero-order valence-electron chi connectivity index (χ0n) is 13.6. The highest BCUT2D eigenvalue weighted by Crippen LogP contribution is 2.29. The highest BCUT2D eigenvalue weighted by Gasteiger charge is 2.31. The summed E-state index contributed by atoms with van der Waals surface area (Å²) in [6, 6.07) is 7.68. The maximum Gasteiger partial charge on any atom is 0.261 e. The molecule has 0 saturated carbocycles. The first-order valence-electron chi connectivity index (χ1n) is 7.90. The van der Waals surface area contributed by atoms with Gasteiger partial charge in [0.05, 0.1) is 0 Å². The fourth-order valence-corrected chi connectivity index (χ4v) is 6.18. The van der Waals surface area contributed by atoms with Crippen LogP contribution < -0.4 is 4.90 Å². The first-order valence-corrected chi connectivity index (χ1v) is 11.9. The Kier molecular flexibility index (Phi) is 5.11. The van der Waals surface area contributed by atoms with Gasteiger partial charge in [0.15, 0.2) is 10.2 Å². The smallest absolute Gasteiger partial charge is 0.261 e. The minimum Gasteiger partial charge on any atom is -0.345 e. The van der Waals surface area contributed by atoms with Gasteiger partial charge in [-0.2, -0.15) is 4.31 Å². The van der Waals surface area contributed by atoms with Gasteiger partial charge in [-0.1, -0.05) is 28.1 Å². The number of sulfonamides is 1. The summed E-state index contributed by atoms with van der Waals surface area (Å²) in [4.78, 5) is 10.8. The van der Waals surface area contributed by atoms with Gasteiger partial charge in [0.2, 0.25) is 0 Å². The molecule has 1 aromatic carbocycles. The van der Waals surface area contributed by atoms with E-state index in [1.165, 1.54) is 15.6 Å². The maximum absolute atomic E-state index is 12.9. The number of piperazine rings is 1. The number of anilines is 1. The van der Waals surface area contributed by atoms with E-state index in [9.17, 15) is 8.42 Å². The van der Waals surface area contributed by atoms with Crippen LogP contribution in [0, 0.1) is 0 Å². The number of aromatic nitrogens is 2. The predicted molar refractivity (Wildman–Crippen MR) is 108 cm³/mol. The van der Waals surface area contributed by atoms with Gasteiger partial charge in [-0.3, -0.25) is 0 Å². The second-order valence-electron chi connectivity index (χ2n) is 5.70. The quantitative estimate of drug-likeness (QED) is 0.583. The monoisotopic (exact) mass is 470 g/mol. The zero-order chi connectivity index (χ0) is 18.1. The van der Waals surface area contributed by atoms with Crippen molar-refractivity contribution >= 4 is 53.8 Å². The Morgan fingerprint density at radius 3 is 2.42 bits per heavy atom. The Balaban J connectivity index is 1.50. The van der Waals surface area contributed by atoms with Crippen LogP contribution in [0.2, 0.25) is 0 Å². The Hall–Kier alpha value is -1.33. The topological polar surface area (TPSA) is 66.4 Å². The minimum atomic E-state index is -3.57. The third-order valence-corrected chi connectivity index (χ3v) is 8.29. The summed E-state index contributed by atoms with van der Waals surface area (Å²) in [5, 5.41) is 5.32. The van der Waals surface area contributed by atoms with Gasteiger partial charge < -0.3 is 4.90 Å². The molecule has 2 aromatic heterocycles. The largest absolute Gasteiger partial charge is 0.345 e. The van der Waals surface area contributed by atoms with Crippen molar-refractivity contribution in [1.82, 2.24) is 14.3 Å². The van der Waals surface area contributed by atoms with Crippen molar-refractivity contribution in [2.75, 3.05) is 31.1 Å². The molecule has 0 amide bonds. The molecule has 3 heterocycles. The molecule has 0 N–H and O–H groups in total. The number of thiazole rings is 2. The van der Waals surface area contributed by atoms with Crippen molar-refractivity contribution in [3.8, 4) is 10.6 Å². The van der Waals surface area contributed by atoms with E-state index in [4.69, 9.17) is 0 Å². The number of hydrogen-bond acceptors (Lipinski definition) is 7. The molecule has 4 rings (SSSR count). The predicted octanol–water partition coefficient (Wildman–Crippen LogP) is 3.54. The molecule has 3 aromatic rings. The van der Waals surface area contributed by atoms with Crippen molar-refractivity contribution in [1.29, 1.82) is 0 Å². The summed E-state index contributed by atoms with van der Waals surface area (Å²) in [5.74, 6) is 0. The fourth-order valence-electron chi connectivity index (χ4n) is 2.73. The maximum atomic E-state index is 12.9. The molecule has 0 spiro atoms. The molecule has 6 nitrogen and oxygen atoms in total. The highest BCUT2D eigenvalue weighted by atomic mass is 79.9. The van der Waals surface area contributed by atoms with Crippen LogP contribution in [0.3, 0.4) is 0 Å². The van der Waals surface area contributed by atoms with Crippen LogP contribution in [0.15, 0.2) is 50.7 Å². The molecule has 1 fully saturated rings. The zero-order valence-corrected chi connectivity index (χ0v) is 17.6. The van der Waals surface area contributed by atoms with Crippen molar-refractivity contribution in [2.45, 2.75) is 5.03 Å². The Morgan fingerprint density at radius 2 is 1.77 bits per heavy atom. The van der Waals surface area contributed by atoms with E-state index in [1.54, 1.807) is 22.9 Å². The Bertz CT molecular complexity index is 979. The molecular formula is C16H15BrN4O2S3. The van der Waals surface area contributed by atoms with Crippen LogP contribution in [0.25, 0.3) is 10.6 Å². The highest BCUT2D eigenvalue weighted by molar-refractivity contribution is 9.10. The second kappa shape index (κ2) is 7.35. The normalized spacial score (nSPS) is 16.1. The third-order valence-electron chi connectivity index (χ3n) is 4.11. The lowest BCUT2D eigenvalue weighted by Gasteiger charge is -2.33. The molecule has 0 bridgehead atoms. The fraction of sp³-hybridized carbons (Fsp3) is 0.250. The Labute approximate surface area is 168 Å². The molecule has 1 saturated heterocycles. The molecule has 10 heteroatoms. The molecule has 136 valence electrons. The first kappa shape index (κ1) is 18.1. The summed E-state index contributed by atoms with van der Waals surface area (Å²) >= 11 is 6.32. The lowest BCUT2D eigenvalue weighted by atomic mass is 10.2.